The van der Waals surface area contributed by atoms with Crippen molar-refractivity contribution in [2.75, 3.05) is 6.61 Å². The molecule has 1 atom stereocenters. The predicted octanol–water partition coefficient (Wildman–Crippen LogP) is 2.63. The Hall–Kier alpha value is -1.23. The van der Waals surface area contributed by atoms with Crippen LogP contribution in [0.4, 0.5) is 13.2 Å². The monoisotopic (exact) mass is 217 g/mol. The molecule has 5 heteroatoms. The molecule has 1 saturated heterocycles. The fourth-order valence-electron chi connectivity index (χ4n) is 1.14. The molecule has 1 unspecified atom stereocenters. The highest BCUT2D eigenvalue weighted by Crippen LogP contribution is 2.31. The van der Waals surface area contributed by atoms with Crippen molar-refractivity contribution in [3.8, 4) is 5.75 Å². The number of hydrogen-bond acceptors (Lipinski definition) is 2. The number of ether oxygens (including phenoxy) is 2. The van der Waals surface area contributed by atoms with Gasteiger partial charge in [0, 0.05) is 6.42 Å². The Bertz CT molecular complexity index is 345. The molecule has 0 aliphatic carbocycles. The van der Waals surface area contributed by atoms with Gasteiger partial charge in [0.25, 0.3) is 0 Å². The molecular weight excluding hydrogens is 209 g/mol. The van der Waals surface area contributed by atoms with E-state index in [9.17, 15) is 13.2 Å². The zero-order valence-corrected chi connectivity index (χ0v) is 7.67. The Morgan fingerprint density at radius 3 is 2.67 bits per heavy atom. The Balaban J connectivity index is 2.11. The van der Waals surface area contributed by atoms with Gasteiger partial charge in [-0.15, -0.1) is 0 Å². The molecule has 1 fully saturated rings. The van der Waals surface area contributed by atoms with Gasteiger partial charge in [-0.3, -0.25) is 0 Å². The molecule has 2 rings (SSSR count). The molecule has 0 aromatic heterocycles. The van der Waals surface area contributed by atoms with Gasteiger partial charge >= 0.3 is 6.18 Å². The predicted molar refractivity (Wildman–Crippen MR) is 45.3 cm³/mol. The first-order valence-corrected chi connectivity index (χ1v) is 4.42. The summed E-state index contributed by atoms with van der Waals surface area (Å²) in [5.74, 6) is 0.134. The van der Waals surface area contributed by atoms with E-state index in [1.807, 2.05) is 0 Å². The molecule has 1 heterocycles. The van der Waals surface area contributed by atoms with Crippen LogP contribution in [0, 0.1) is 6.07 Å². The average Bonchev–Trinajstić information content (AvgIpc) is 2.11. The first kappa shape index (κ1) is 10.3. The molecule has 0 amide bonds. The average molecular weight is 217 g/mol. The van der Waals surface area contributed by atoms with E-state index in [0.717, 1.165) is 12.1 Å². The Morgan fingerprint density at radius 1 is 1.40 bits per heavy atom. The second-order valence-electron chi connectivity index (χ2n) is 3.16. The van der Waals surface area contributed by atoms with Crippen molar-refractivity contribution >= 4 is 0 Å². The van der Waals surface area contributed by atoms with Gasteiger partial charge in [-0.25, -0.2) is 0 Å². The molecule has 1 aliphatic rings. The lowest BCUT2D eigenvalue weighted by molar-refractivity contribution is -0.166. The topological polar surface area (TPSA) is 18.5 Å². The van der Waals surface area contributed by atoms with Crippen LogP contribution in [0.25, 0.3) is 0 Å². The smallest absolute Gasteiger partial charge is 0.416 e. The molecule has 2 nitrogen and oxygen atoms in total. The van der Waals surface area contributed by atoms with Crippen LogP contribution in [-0.2, 0) is 10.9 Å². The van der Waals surface area contributed by atoms with Crippen molar-refractivity contribution in [2.24, 2.45) is 0 Å². The van der Waals surface area contributed by atoms with Crippen molar-refractivity contribution in [3.05, 3.63) is 29.8 Å². The van der Waals surface area contributed by atoms with E-state index in [4.69, 9.17) is 9.47 Å². The molecule has 1 aromatic carbocycles. The van der Waals surface area contributed by atoms with Crippen LogP contribution in [0.2, 0.25) is 0 Å². The van der Waals surface area contributed by atoms with Crippen LogP contribution < -0.4 is 4.74 Å². The van der Waals surface area contributed by atoms with E-state index in [0.29, 0.717) is 13.0 Å². The van der Waals surface area contributed by atoms with Crippen molar-refractivity contribution < 1.29 is 22.6 Å². The lowest BCUT2D eigenvalue weighted by Gasteiger charge is -2.27. The molecule has 1 aliphatic heterocycles. The number of alkyl halides is 3. The van der Waals surface area contributed by atoms with Crippen LogP contribution in [-0.4, -0.2) is 12.9 Å². The van der Waals surface area contributed by atoms with Crippen molar-refractivity contribution in [1.82, 2.24) is 0 Å². The normalized spacial score (nSPS) is 20.9. The Labute approximate surface area is 84.6 Å². The first-order chi connectivity index (χ1) is 7.05. The van der Waals surface area contributed by atoms with Crippen LogP contribution in [0.3, 0.4) is 0 Å². The van der Waals surface area contributed by atoms with Crippen LogP contribution in [0.5, 0.6) is 5.75 Å². The zero-order valence-electron chi connectivity index (χ0n) is 7.67. The third-order valence-corrected chi connectivity index (χ3v) is 2.01. The van der Waals surface area contributed by atoms with Crippen molar-refractivity contribution in [2.45, 2.75) is 18.9 Å². The van der Waals surface area contributed by atoms with E-state index < -0.39 is 18.0 Å². The maximum Gasteiger partial charge on any atom is 0.416 e. The minimum Gasteiger partial charge on any atom is -0.465 e. The van der Waals surface area contributed by atoms with E-state index in [1.54, 1.807) is 0 Å². The summed E-state index contributed by atoms with van der Waals surface area (Å²) in [7, 11) is 0. The van der Waals surface area contributed by atoms with Crippen LogP contribution in [0.1, 0.15) is 12.0 Å². The van der Waals surface area contributed by atoms with Gasteiger partial charge in [0.1, 0.15) is 5.75 Å². The Morgan fingerprint density at radius 2 is 2.13 bits per heavy atom. The fraction of sp³-hybridized carbons (Fsp3) is 0.400. The second-order valence-corrected chi connectivity index (χ2v) is 3.16. The molecule has 1 aromatic rings. The molecule has 15 heavy (non-hydrogen) atoms. The lowest BCUT2D eigenvalue weighted by Crippen LogP contribution is -2.32. The Kier molecular flexibility index (Phi) is 2.56. The van der Waals surface area contributed by atoms with Gasteiger partial charge in [-0.2, -0.15) is 13.2 Å². The van der Waals surface area contributed by atoms with E-state index in [1.165, 1.54) is 6.07 Å². The summed E-state index contributed by atoms with van der Waals surface area (Å²) in [6.45, 7) is 0.591. The second kappa shape index (κ2) is 3.73. The van der Waals surface area contributed by atoms with Gasteiger partial charge in [0.05, 0.1) is 12.2 Å². The molecular formula is C10H8F3O2. The molecule has 0 N–H and O–H groups in total. The lowest BCUT2D eigenvalue weighted by atomic mass is 10.2. The summed E-state index contributed by atoms with van der Waals surface area (Å²) in [5.41, 5.74) is -0.765. The number of halogens is 3. The van der Waals surface area contributed by atoms with E-state index in [2.05, 4.69) is 6.07 Å². The summed E-state index contributed by atoms with van der Waals surface area (Å²) >= 11 is 0. The summed E-state index contributed by atoms with van der Waals surface area (Å²) < 4.78 is 47.0. The fourth-order valence-corrected chi connectivity index (χ4v) is 1.14. The standard InChI is InChI=1S/C10H8F3O2/c11-10(12,13)7-2-1-3-8(6-7)15-9-4-5-14-9/h2-3,6,9H,4-5H2. The van der Waals surface area contributed by atoms with Crippen molar-refractivity contribution in [3.63, 3.8) is 0 Å². The quantitative estimate of drug-likeness (QED) is 0.758. The third kappa shape index (κ3) is 2.41. The highest BCUT2D eigenvalue weighted by Gasteiger charge is 2.31. The third-order valence-electron chi connectivity index (χ3n) is 2.01. The number of hydrogen-bond donors (Lipinski definition) is 0. The number of rotatable bonds is 2. The molecule has 0 spiro atoms. The summed E-state index contributed by atoms with van der Waals surface area (Å²) in [5, 5.41) is 0. The minimum atomic E-state index is -4.36. The molecule has 81 valence electrons. The van der Waals surface area contributed by atoms with Crippen LogP contribution >= 0.6 is 0 Å². The zero-order chi connectivity index (χ0) is 10.9. The summed E-state index contributed by atoms with van der Waals surface area (Å²) in [4.78, 5) is 0. The molecule has 0 bridgehead atoms. The molecule has 0 saturated carbocycles. The number of benzene rings is 1. The first-order valence-electron chi connectivity index (χ1n) is 4.42. The largest absolute Gasteiger partial charge is 0.465 e. The van der Waals surface area contributed by atoms with Crippen LogP contribution in [0.15, 0.2) is 18.2 Å². The maximum atomic E-state index is 12.3. The summed E-state index contributed by atoms with van der Waals surface area (Å²) in [6.07, 6.45) is -4.08. The SMILES string of the molecule is FC(F)(F)c1c[c]cc(OC2CCO2)c1. The maximum absolute atomic E-state index is 12.3. The van der Waals surface area contributed by atoms with E-state index in [-0.39, 0.29) is 5.75 Å². The minimum absolute atomic E-state index is 0.134. The molecule has 1 radical (unpaired) electrons. The highest BCUT2D eigenvalue weighted by molar-refractivity contribution is 5.29. The van der Waals surface area contributed by atoms with Gasteiger partial charge in [-0.05, 0) is 24.3 Å². The summed E-state index contributed by atoms with van der Waals surface area (Å²) in [6, 6.07) is 5.57. The highest BCUT2D eigenvalue weighted by atomic mass is 19.4. The van der Waals surface area contributed by atoms with Gasteiger partial charge in [0.2, 0.25) is 6.29 Å². The van der Waals surface area contributed by atoms with Crippen molar-refractivity contribution in [1.29, 1.82) is 0 Å². The van der Waals surface area contributed by atoms with Gasteiger partial charge in [0.15, 0.2) is 0 Å². The van der Waals surface area contributed by atoms with Gasteiger partial charge in [-0.1, -0.05) is 0 Å². The van der Waals surface area contributed by atoms with Gasteiger partial charge < -0.3 is 9.47 Å². The van der Waals surface area contributed by atoms with E-state index >= 15 is 0 Å².